The third-order valence-electron chi connectivity index (χ3n) is 1.99. The monoisotopic (exact) mass is 257 g/mol. The molecule has 92 valence electrons. The zero-order chi connectivity index (χ0) is 12.9. The SMILES string of the molecule is COC(=O)C(N)(Cl)C(=O)OCc1ccccc1. The lowest BCUT2D eigenvalue weighted by atomic mass is 10.2. The average Bonchev–Trinajstić information content (AvgIpc) is 2.35. The van der Waals surface area contributed by atoms with Crippen LogP contribution in [0.3, 0.4) is 0 Å². The first-order valence-electron chi connectivity index (χ1n) is 4.76. The second-order valence-electron chi connectivity index (χ2n) is 3.27. The van der Waals surface area contributed by atoms with E-state index in [2.05, 4.69) is 4.74 Å². The third-order valence-corrected chi connectivity index (χ3v) is 2.30. The maximum absolute atomic E-state index is 11.5. The maximum Gasteiger partial charge on any atom is 0.354 e. The molecule has 1 aromatic carbocycles. The molecule has 0 amide bonds. The van der Waals surface area contributed by atoms with E-state index in [0.717, 1.165) is 12.7 Å². The van der Waals surface area contributed by atoms with Crippen LogP contribution in [0.4, 0.5) is 0 Å². The van der Waals surface area contributed by atoms with Gasteiger partial charge in [-0.15, -0.1) is 0 Å². The van der Waals surface area contributed by atoms with E-state index in [1.165, 1.54) is 0 Å². The van der Waals surface area contributed by atoms with Crippen LogP contribution in [0.25, 0.3) is 0 Å². The predicted octanol–water partition coefficient (Wildman–Crippen LogP) is 0.797. The van der Waals surface area contributed by atoms with Gasteiger partial charge in [0.15, 0.2) is 0 Å². The lowest BCUT2D eigenvalue weighted by molar-refractivity contribution is -0.158. The van der Waals surface area contributed by atoms with Crippen molar-refractivity contribution in [2.24, 2.45) is 5.73 Å². The van der Waals surface area contributed by atoms with Crippen molar-refractivity contribution in [3.8, 4) is 0 Å². The van der Waals surface area contributed by atoms with Crippen LogP contribution in [0.1, 0.15) is 5.56 Å². The average molecular weight is 258 g/mol. The molecular weight excluding hydrogens is 246 g/mol. The summed E-state index contributed by atoms with van der Waals surface area (Å²) in [6.07, 6.45) is 0. The quantitative estimate of drug-likeness (QED) is 0.374. The van der Waals surface area contributed by atoms with Gasteiger partial charge in [0.2, 0.25) is 0 Å². The second kappa shape index (κ2) is 5.65. The van der Waals surface area contributed by atoms with Crippen molar-refractivity contribution in [2.75, 3.05) is 7.11 Å². The van der Waals surface area contributed by atoms with Gasteiger partial charge in [-0.05, 0) is 5.56 Å². The van der Waals surface area contributed by atoms with Gasteiger partial charge in [-0.2, -0.15) is 0 Å². The molecule has 0 aromatic heterocycles. The number of carbonyl (C=O) groups excluding carboxylic acids is 2. The van der Waals surface area contributed by atoms with Crippen LogP contribution in [0.2, 0.25) is 0 Å². The number of rotatable bonds is 4. The Balaban J connectivity index is 2.58. The van der Waals surface area contributed by atoms with E-state index in [0.29, 0.717) is 0 Å². The highest BCUT2D eigenvalue weighted by molar-refractivity contribution is 6.44. The molecule has 0 spiro atoms. The van der Waals surface area contributed by atoms with Crippen molar-refractivity contribution in [3.63, 3.8) is 0 Å². The van der Waals surface area contributed by atoms with Crippen molar-refractivity contribution >= 4 is 23.5 Å². The largest absolute Gasteiger partial charge is 0.466 e. The Morgan fingerprint density at radius 1 is 1.29 bits per heavy atom. The molecule has 0 aliphatic rings. The topological polar surface area (TPSA) is 78.6 Å². The Hall–Kier alpha value is -1.59. The molecular formula is C11H12ClNO4. The summed E-state index contributed by atoms with van der Waals surface area (Å²) in [5, 5.41) is 0. The minimum atomic E-state index is -2.30. The zero-order valence-corrected chi connectivity index (χ0v) is 9.94. The van der Waals surface area contributed by atoms with Gasteiger partial charge in [0.25, 0.3) is 5.00 Å². The maximum atomic E-state index is 11.5. The standard InChI is InChI=1S/C11H12ClNO4/c1-16-9(14)11(12,13)10(15)17-7-8-5-3-2-4-6-8/h2-6H,7,13H2,1H3. The number of ether oxygens (including phenoxy) is 2. The van der Waals surface area contributed by atoms with Crippen LogP contribution in [-0.4, -0.2) is 24.0 Å². The number of methoxy groups -OCH3 is 1. The van der Waals surface area contributed by atoms with Gasteiger partial charge in [-0.25, -0.2) is 9.59 Å². The molecule has 0 saturated carbocycles. The van der Waals surface area contributed by atoms with E-state index in [1.807, 2.05) is 6.07 Å². The van der Waals surface area contributed by atoms with Gasteiger partial charge in [-0.1, -0.05) is 41.9 Å². The lowest BCUT2D eigenvalue weighted by Gasteiger charge is -2.17. The second-order valence-corrected chi connectivity index (χ2v) is 3.86. The van der Waals surface area contributed by atoms with Gasteiger partial charge in [-0.3, -0.25) is 5.73 Å². The van der Waals surface area contributed by atoms with E-state index in [4.69, 9.17) is 22.1 Å². The van der Waals surface area contributed by atoms with Crippen molar-refractivity contribution in [1.82, 2.24) is 0 Å². The molecule has 0 saturated heterocycles. The number of esters is 2. The van der Waals surface area contributed by atoms with Crippen LogP contribution in [0.15, 0.2) is 30.3 Å². The minimum absolute atomic E-state index is 0.0116. The van der Waals surface area contributed by atoms with Gasteiger partial charge < -0.3 is 9.47 Å². The van der Waals surface area contributed by atoms with E-state index >= 15 is 0 Å². The molecule has 0 aliphatic heterocycles. The van der Waals surface area contributed by atoms with Crippen molar-refractivity contribution < 1.29 is 19.1 Å². The van der Waals surface area contributed by atoms with Crippen molar-refractivity contribution in [1.29, 1.82) is 0 Å². The van der Waals surface area contributed by atoms with E-state index < -0.39 is 16.9 Å². The summed E-state index contributed by atoms with van der Waals surface area (Å²) in [5.74, 6) is -2.10. The molecule has 0 heterocycles. The van der Waals surface area contributed by atoms with Crippen molar-refractivity contribution in [3.05, 3.63) is 35.9 Å². The van der Waals surface area contributed by atoms with Crippen LogP contribution >= 0.6 is 11.6 Å². The summed E-state index contributed by atoms with van der Waals surface area (Å²) in [6.45, 7) is -0.0116. The van der Waals surface area contributed by atoms with Crippen molar-refractivity contribution in [2.45, 2.75) is 11.6 Å². The Kier molecular flexibility index (Phi) is 4.48. The Morgan fingerprint density at radius 2 is 1.88 bits per heavy atom. The summed E-state index contributed by atoms with van der Waals surface area (Å²) in [7, 11) is 1.08. The normalized spacial score (nSPS) is 13.6. The van der Waals surface area contributed by atoms with Gasteiger partial charge in [0.1, 0.15) is 6.61 Å². The van der Waals surface area contributed by atoms with Gasteiger partial charge in [0.05, 0.1) is 7.11 Å². The fraction of sp³-hybridized carbons (Fsp3) is 0.273. The summed E-state index contributed by atoms with van der Waals surface area (Å²) in [5.41, 5.74) is 6.06. The Labute approximate surface area is 103 Å². The first kappa shape index (κ1) is 13.5. The fourth-order valence-corrected chi connectivity index (χ4v) is 1.19. The third kappa shape index (κ3) is 3.44. The van der Waals surface area contributed by atoms with E-state index in [9.17, 15) is 9.59 Å². The number of nitrogens with two attached hydrogens (primary N) is 1. The lowest BCUT2D eigenvalue weighted by Crippen LogP contribution is -2.51. The first-order valence-corrected chi connectivity index (χ1v) is 5.13. The summed E-state index contributed by atoms with van der Waals surface area (Å²) < 4.78 is 9.11. The number of alkyl halides is 1. The molecule has 1 aromatic rings. The number of hydrogen-bond donors (Lipinski definition) is 1. The number of hydrogen-bond acceptors (Lipinski definition) is 5. The molecule has 0 bridgehead atoms. The van der Waals surface area contributed by atoms with Gasteiger partial charge in [0, 0.05) is 0 Å². The molecule has 0 aliphatic carbocycles. The Bertz CT molecular complexity index is 405. The highest BCUT2D eigenvalue weighted by Crippen LogP contribution is 2.13. The highest BCUT2D eigenvalue weighted by atomic mass is 35.5. The fourth-order valence-electron chi connectivity index (χ4n) is 1.06. The summed E-state index contributed by atoms with van der Waals surface area (Å²) >= 11 is 5.53. The smallest absolute Gasteiger partial charge is 0.354 e. The predicted molar refractivity (Wildman–Crippen MR) is 61.0 cm³/mol. The number of carbonyl (C=O) groups is 2. The zero-order valence-electron chi connectivity index (χ0n) is 9.18. The molecule has 1 rings (SSSR count). The molecule has 6 heteroatoms. The number of halogens is 1. The Morgan fingerprint density at radius 3 is 2.41 bits per heavy atom. The summed E-state index contributed by atoms with van der Waals surface area (Å²) in [6, 6.07) is 8.93. The van der Waals surface area contributed by atoms with E-state index in [1.54, 1.807) is 24.3 Å². The summed E-state index contributed by atoms with van der Waals surface area (Å²) in [4.78, 5) is 20.3. The van der Waals surface area contributed by atoms with Gasteiger partial charge >= 0.3 is 11.9 Å². The molecule has 5 nitrogen and oxygen atoms in total. The number of benzene rings is 1. The molecule has 0 radical (unpaired) electrons. The van der Waals surface area contributed by atoms with E-state index in [-0.39, 0.29) is 6.61 Å². The van der Waals surface area contributed by atoms with Crippen LogP contribution in [-0.2, 0) is 25.7 Å². The molecule has 1 atom stereocenters. The van der Waals surface area contributed by atoms with Crippen LogP contribution < -0.4 is 5.73 Å². The molecule has 1 unspecified atom stereocenters. The first-order chi connectivity index (χ1) is 7.98. The highest BCUT2D eigenvalue weighted by Gasteiger charge is 2.43. The van der Waals surface area contributed by atoms with Crippen LogP contribution in [0.5, 0.6) is 0 Å². The molecule has 0 fully saturated rings. The van der Waals surface area contributed by atoms with Crippen LogP contribution in [0, 0.1) is 0 Å². The minimum Gasteiger partial charge on any atom is -0.466 e. The molecule has 17 heavy (non-hydrogen) atoms. The molecule has 2 N–H and O–H groups in total.